The maximum Gasteiger partial charge on any atom is 0.277 e. The molecule has 0 radical (unpaired) electrons. The van der Waals surface area contributed by atoms with Gasteiger partial charge in [0.1, 0.15) is 11.5 Å². The third-order valence-electron chi connectivity index (χ3n) is 3.47. The van der Waals surface area contributed by atoms with Crippen molar-refractivity contribution in [3.05, 3.63) is 51.8 Å². The Morgan fingerprint density at radius 1 is 1.15 bits per heavy atom. The number of anilines is 1. The minimum absolute atomic E-state index is 0.0286. The van der Waals surface area contributed by atoms with Gasteiger partial charge in [-0.2, -0.15) is 0 Å². The van der Waals surface area contributed by atoms with Crippen LogP contribution < -0.4 is 16.4 Å². The molecule has 26 heavy (non-hydrogen) atoms. The highest BCUT2D eigenvalue weighted by molar-refractivity contribution is 6.35. The predicted molar refractivity (Wildman–Crippen MR) is 96.9 cm³/mol. The van der Waals surface area contributed by atoms with Gasteiger partial charge in [-0.1, -0.05) is 23.2 Å². The van der Waals surface area contributed by atoms with E-state index >= 15 is 0 Å². The molecular weight excluding hydrogens is 381 g/mol. The van der Waals surface area contributed by atoms with Crippen LogP contribution in [0, 0.1) is 0 Å². The van der Waals surface area contributed by atoms with Gasteiger partial charge in [0, 0.05) is 23.7 Å². The fraction of sp³-hybridized carbons (Fsp3) is 0.188. The van der Waals surface area contributed by atoms with Crippen LogP contribution in [0.15, 0.2) is 39.4 Å². The second-order valence-corrected chi connectivity index (χ2v) is 6.16. The molecule has 0 unspecified atom stereocenters. The molecule has 2 heterocycles. The summed E-state index contributed by atoms with van der Waals surface area (Å²) in [7, 11) is 0. The predicted octanol–water partition coefficient (Wildman–Crippen LogP) is 2.74. The number of carbonyl (C=O) groups excluding carboxylic acids is 1. The highest BCUT2D eigenvalue weighted by atomic mass is 35.5. The van der Waals surface area contributed by atoms with Crippen molar-refractivity contribution < 1.29 is 13.8 Å². The standard InChI is InChI=1S/C16H15Cl2N5O3/c17-9-1-3-12(18)11(7-9)13-4-2-10(25-13)8-20-5-6-21-16(24)14-15(19)23-26-22-14/h1-4,7,20H,5-6,8H2,(H2,19,23)(H,21,24). The van der Waals surface area contributed by atoms with Crippen LogP contribution in [-0.2, 0) is 6.54 Å². The number of nitrogens with zero attached hydrogens (tertiary/aromatic N) is 2. The number of nitrogen functional groups attached to an aromatic ring is 1. The van der Waals surface area contributed by atoms with E-state index in [-0.39, 0.29) is 11.5 Å². The third-order valence-corrected chi connectivity index (χ3v) is 4.04. The molecule has 0 saturated heterocycles. The van der Waals surface area contributed by atoms with Gasteiger partial charge in [-0.25, -0.2) is 4.63 Å². The van der Waals surface area contributed by atoms with Crippen LogP contribution in [0.25, 0.3) is 11.3 Å². The summed E-state index contributed by atoms with van der Waals surface area (Å²) < 4.78 is 10.1. The van der Waals surface area contributed by atoms with Gasteiger partial charge >= 0.3 is 0 Å². The van der Waals surface area contributed by atoms with E-state index in [9.17, 15) is 4.79 Å². The van der Waals surface area contributed by atoms with Crippen molar-refractivity contribution in [3.8, 4) is 11.3 Å². The van der Waals surface area contributed by atoms with Gasteiger partial charge in [-0.15, -0.1) is 0 Å². The van der Waals surface area contributed by atoms with E-state index in [1.54, 1.807) is 18.2 Å². The van der Waals surface area contributed by atoms with E-state index in [1.165, 1.54) is 0 Å². The Balaban J connectivity index is 1.46. The molecule has 0 aliphatic carbocycles. The molecule has 0 atom stereocenters. The molecule has 0 bridgehead atoms. The van der Waals surface area contributed by atoms with Gasteiger partial charge in [0.15, 0.2) is 0 Å². The fourth-order valence-corrected chi connectivity index (χ4v) is 2.60. The van der Waals surface area contributed by atoms with E-state index in [2.05, 4.69) is 25.6 Å². The Morgan fingerprint density at radius 3 is 2.77 bits per heavy atom. The molecule has 1 aromatic carbocycles. The summed E-state index contributed by atoms with van der Waals surface area (Å²) in [6.07, 6.45) is 0. The molecule has 4 N–H and O–H groups in total. The first-order valence-electron chi connectivity index (χ1n) is 7.65. The van der Waals surface area contributed by atoms with Crippen molar-refractivity contribution in [1.82, 2.24) is 20.9 Å². The SMILES string of the molecule is Nc1nonc1C(=O)NCCNCc1ccc(-c2cc(Cl)ccc2Cl)o1. The average molecular weight is 396 g/mol. The second-order valence-electron chi connectivity index (χ2n) is 5.32. The number of furan rings is 1. The molecule has 1 amide bonds. The van der Waals surface area contributed by atoms with Crippen molar-refractivity contribution in [2.45, 2.75) is 6.54 Å². The van der Waals surface area contributed by atoms with Crippen LogP contribution in [0.4, 0.5) is 5.82 Å². The van der Waals surface area contributed by atoms with Crippen molar-refractivity contribution in [2.75, 3.05) is 18.8 Å². The monoisotopic (exact) mass is 395 g/mol. The number of amides is 1. The molecule has 0 fully saturated rings. The number of aromatic nitrogens is 2. The van der Waals surface area contributed by atoms with Crippen LogP contribution in [0.2, 0.25) is 10.0 Å². The lowest BCUT2D eigenvalue weighted by Gasteiger charge is -2.05. The Hall–Kier alpha value is -2.55. The lowest BCUT2D eigenvalue weighted by Crippen LogP contribution is -2.32. The van der Waals surface area contributed by atoms with E-state index in [4.69, 9.17) is 33.4 Å². The first kappa shape index (κ1) is 18.2. The molecule has 0 aliphatic heterocycles. The van der Waals surface area contributed by atoms with Crippen LogP contribution in [0.3, 0.4) is 0 Å². The van der Waals surface area contributed by atoms with Crippen molar-refractivity contribution in [2.24, 2.45) is 0 Å². The summed E-state index contributed by atoms with van der Waals surface area (Å²) in [4.78, 5) is 11.8. The summed E-state index contributed by atoms with van der Waals surface area (Å²) in [5.41, 5.74) is 6.15. The topological polar surface area (TPSA) is 119 Å². The third kappa shape index (κ3) is 4.34. The summed E-state index contributed by atoms with van der Waals surface area (Å²) in [6.45, 7) is 1.38. The molecular formula is C16H15Cl2N5O3. The highest BCUT2D eigenvalue weighted by Crippen LogP contribution is 2.31. The lowest BCUT2D eigenvalue weighted by molar-refractivity contribution is 0.0944. The van der Waals surface area contributed by atoms with Gasteiger partial charge in [0.05, 0.1) is 11.6 Å². The summed E-state index contributed by atoms with van der Waals surface area (Å²) >= 11 is 12.2. The second kappa shape index (κ2) is 8.22. The normalized spacial score (nSPS) is 10.8. The molecule has 0 saturated carbocycles. The Morgan fingerprint density at radius 2 is 2.00 bits per heavy atom. The van der Waals surface area contributed by atoms with E-state index < -0.39 is 5.91 Å². The van der Waals surface area contributed by atoms with Gasteiger partial charge in [-0.3, -0.25) is 4.79 Å². The Bertz CT molecular complexity index is 909. The zero-order valence-corrected chi connectivity index (χ0v) is 15.0. The van der Waals surface area contributed by atoms with E-state index in [1.807, 2.05) is 12.1 Å². The Kier molecular flexibility index (Phi) is 5.77. The number of nitrogens with one attached hydrogen (secondary N) is 2. The van der Waals surface area contributed by atoms with Crippen LogP contribution in [0.1, 0.15) is 16.2 Å². The molecule has 3 aromatic rings. The number of rotatable bonds is 7. The lowest BCUT2D eigenvalue weighted by atomic mass is 10.2. The van der Waals surface area contributed by atoms with Gasteiger partial charge in [-0.05, 0) is 40.6 Å². The highest BCUT2D eigenvalue weighted by Gasteiger charge is 2.15. The summed E-state index contributed by atoms with van der Waals surface area (Å²) in [5, 5.41) is 13.7. The number of carbonyl (C=O) groups is 1. The van der Waals surface area contributed by atoms with Crippen molar-refractivity contribution >= 4 is 34.9 Å². The van der Waals surface area contributed by atoms with E-state index in [0.717, 1.165) is 11.3 Å². The number of nitrogens with two attached hydrogens (primary N) is 1. The van der Waals surface area contributed by atoms with Crippen molar-refractivity contribution in [1.29, 1.82) is 0 Å². The molecule has 0 spiro atoms. The zero-order chi connectivity index (χ0) is 18.5. The molecule has 0 aliphatic rings. The number of hydrogen-bond donors (Lipinski definition) is 3. The smallest absolute Gasteiger partial charge is 0.277 e. The number of benzene rings is 1. The largest absolute Gasteiger partial charge is 0.460 e. The minimum Gasteiger partial charge on any atom is -0.460 e. The molecule has 8 nitrogen and oxygen atoms in total. The van der Waals surface area contributed by atoms with Gasteiger partial charge < -0.3 is 20.8 Å². The quantitative estimate of drug-likeness (QED) is 0.526. The molecule has 10 heteroatoms. The van der Waals surface area contributed by atoms with Gasteiger partial charge in [0.25, 0.3) is 5.91 Å². The van der Waals surface area contributed by atoms with Crippen LogP contribution >= 0.6 is 23.2 Å². The maximum absolute atomic E-state index is 11.8. The van der Waals surface area contributed by atoms with E-state index in [0.29, 0.717) is 35.4 Å². The first-order valence-corrected chi connectivity index (χ1v) is 8.41. The van der Waals surface area contributed by atoms with Gasteiger partial charge in [0.2, 0.25) is 11.5 Å². The maximum atomic E-state index is 11.8. The molecule has 2 aromatic heterocycles. The molecule has 136 valence electrons. The fourth-order valence-electron chi connectivity index (χ4n) is 2.22. The van der Waals surface area contributed by atoms with Crippen molar-refractivity contribution in [3.63, 3.8) is 0 Å². The zero-order valence-electron chi connectivity index (χ0n) is 13.5. The Labute approximate surface area is 158 Å². The average Bonchev–Trinajstić information content (AvgIpc) is 3.25. The number of hydrogen-bond acceptors (Lipinski definition) is 7. The van der Waals surface area contributed by atoms with Crippen LogP contribution in [-0.4, -0.2) is 29.3 Å². The first-order chi connectivity index (χ1) is 12.5. The summed E-state index contributed by atoms with van der Waals surface area (Å²) in [6, 6.07) is 8.87. The molecule has 3 rings (SSSR count). The summed E-state index contributed by atoms with van der Waals surface area (Å²) in [5.74, 6) is 0.878. The number of halogens is 2. The van der Waals surface area contributed by atoms with Crippen LogP contribution in [0.5, 0.6) is 0 Å². The minimum atomic E-state index is -0.443.